The third-order valence-corrected chi connectivity index (χ3v) is 6.66. The van der Waals surface area contributed by atoms with Crippen molar-refractivity contribution in [3.05, 3.63) is 137 Å². The molecule has 0 fully saturated rings. The summed E-state index contributed by atoms with van der Waals surface area (Å²) in [5.41, 5.74) is 6.65. The molecule has 4 aromatic rings. The summed E-state index contributed by atoms with van der Waals surface area (Å²) >= 11 is 1.83. The van der Waals surface area contributed by atoms with E-state index in [-0.39, 0.29) is 24.8 Å². The number of allylic oxidation sites excluding steroid dienone is 4. The molecule has 0 heterocycles. The normalized spacial score (nSPS) is 13.0. The van der Waals surface area contributed by atoms with Crippen LogP contribution in [-0.2, 0) is 29.7 Å². The van der Waals surface area contributed by atoms with Gasteiger partial charge in [0, 0.05) is 0 Å². The second-order valence-electron chi connectivity index (χ2n) is 8.05. The number of hydrogen-bond donors (Lipinski definition) is 0. The minimum Gasteiger partial charge on any atom is -0.147 e. The van der Waals surface area contributed by atoms with E-state index in [1.807, 2.05) is 20.8 Å². The summed E-state index contributed by atoms with van der Waals surface area (Å²) in [6.45, 7) is 2.17. The summed E-state index contributed by atoms with van der Waals surface area (Å²) in [6, 6.07) is 34.3. The molecule has 4 aromatic carbocycles. The van der Waals surface area contributed by atoms with Gasteiger partial charge < -0.3 is 0 Å². The van der Waals surface area contributed by atoms with Crippen LogP contribution in [0.4, 0.5) is 0 Å². The molecule has 0 spiro atoms. The van der Waals surface area contributed by atoms with Gasteiger partial charge in [0.15, 0.2) is 0 Å². The molecule has 0 aromatic heterocycles. The summed E-state index contributed by atoms with van der Waals surface area (Å²) in [5, 5.41) is 2.44. The quantitative estimate of drug-likeness (QED) is 0.195. The number of halogens is 2. The molecule has 165 valence electrons. The van der Waals surface area contributed by atoms with Gasteiger partial charge in [-0.25, -0.2) is 0 Å². The standard InChI is InChI=1S/C29H23O.2ClH.Ti/c1-21-16-17-23(20-21)27-19-18-22-10-8-9-15-26(22)28(27)29(30,24-11-4-2-5-12-24)25-13-6-3-7-14-25;;;/h2-16,18-20H,17H2,1H3;2*1H;/q-1;;;+1. The zero-order valence-corrected chi connectivity index (χ0v) is 21.5. The van der Waals surface area contributed by atoms with Gasteiger partial charge in [-0.3, -0.25) is 0 Å². The predicted octanol–water partition coefficient (Wildman–Crippen LogP) is 8.19. The topological polar surface area (TPSA) is 9.23 Å². The van der Waals surface area contributed by atoms with Crippen LogP contribution < -0.4 is 0 Å². The molecular weight excluding hydrogens is 483 g/mol. The molecule has 5 rings (SSSR count). The van der Waals surface area contributed by atoms with E-state index in [1.54, 1.807) is 0 Å². The molecule has 0 aliphatic heterocycles. The summed E-state index contributed by atoms with van der Waals surface area (Å²) in [7, 11) is 0. The first kappa shape index (κ1) is 25.5. The Morgan fingerprint density at radius 3 is 1.85 bits per heavy atom. The fourth-order valence-electron chi connectivity index (χ4n) is 4.74. The second kappa shape index (κ2) is 10.9. The molecule has 4 heteroatoms. The van der Waals surface area contributed by atoms with Crippen LogP contribution in [-0.4, -0.2) is 0 Å². The van der Waals surface area contributed by atoms with Gasteiger partial charge in [0.05, 0.1) is 0 Å². The van der Waals surface area contributed by atoms with Gasteiger partial charge in [0.1, 0.15) is 0 Å². The van der Waals surface area contributed by atoms with Crippen LogP contribution in [0.1, 0.15) is 35.6 Å². The van der Waals surface area contributed by atoms with Crippen LogP contribution in [0.5, 0.6) is 0 Å². The van der Waals surface area contributed by atoms with Crippen molar-refractivity contribution in [2.45, 2.75) is 18.9 Å². The second-order valence-corrected chi connectivity index (χ2v) is 8.37. The summed E-state index contributed by atoms with van der Waals surface area (Å²) < 4.78 is 6.59. The molecule has 0 radical (unpaired) electrons. The zero-order chi connectivity index (χ0) is 21.3. The molecule has 1 aliphatic rings. The van der Waals surface area contributed by atoms with Crippen molar-refractivity contribution in [1.29, 1.82) is 0 Å². The Hall–Kier alpha value is -2.13. The molecule has 0 amide bonds. The van der Waals surface area contributed by atoms with E-state index in [0.717, 1.165) is 17.5 Å². The first-order chi connectivity index (χ1) is 15.2. The van der Waals surface area contributed by atoms with E-state index in [0.29, 0.717) is 0 Å². The Kier molecular flexibility index (Phi) is 8.40. The zero-order valence-electron chi connectivity index (χ0n) is 18.3. The van der Waals surface area contributed by atoms with Crippen molar-refractivity contribution in [2.24, 2.45) is 0 Å². The molecule has 1 nitrogen and oxygen atoms in total. The van der Waals surface area contributed by atoms with Crippen molar-refractivity contribution < 1.29 is 24.1 Å². The molecule has 0 unspecified atom stereocenters. The van der Waals surface area contributed by atoms with Gasteiger partial charge >= 0.3 is 196 Å². The minimum atomic E-state index is -0.726. The Morgan fingerprint density at radius 1 is 0.727 bits per heavy atom. The Morgan fingerprint density at radius 2 is 1.30 bits per heavy atom. The molecular formula is C29H25Cl2OTi. The van der Waals surface area contributed by atoms with E-state index in [4.69, 9.17) is 3.32 Å². The Balaban J connectivity index is 0.00000153. The van der Waals surface area contributed by atoms with Crippen molar-refractivity contribution in [3.63, 3.8) is 0 Å². The van der Waals surface area contributed by atoms with E-state index in [9.17, 15) is 0 Å². The van der Waals surface area contributed by atoms with Gasteiger partial charge in [-0.15, -0.1) is 24.8 Å². The monoisotopic (exact) mass is 507 g/mol. The van der Waals surface area contributed by atoms with Crippen molar-refractivity contribution >= 4 is 41.2 Å². The smallest absolute Gasteiger partial charge is 0.147 e. The van der Waals surface area contributed by atoms with Crippen LogP contribution >= 0.6 is 24.8 Å². The molecule has 1 aliphatic carbocycles. The van der Waals surface area contributed by atoms with E-state index in [1.165, 1.54) is 33.0 Å². The Labute approximate surface area is 220 Å². The number of fused-ring (bicyclic) bond motifs is 1. The average molecular weight is 508 g/mol. The maximum Gasteiger partial charge on any atom is -0.147 e. The van der Waals surface area contributed by atoms with E-state index < -0.39 is 5.60 Å². The van der Waals surface area contributed by atoms with E-state index >= 15 is 0 Å². The first-order valence-electron chi connectivity index (χ1n) is 10.6. The molecule has 0 atom stereocenters. The third-order valence-electron chi connectivity index (χ3n) is 6.19. The maximum absolute atomic E-state index is 6.59. The predicted molar refractivity (Wildman–Crippen MR) is 139 cm³/mol. The fourth-order valence-corrected chi connectivity index (χ4v) is 5.27. The van der Waals surface area contributed by atoms with Crippen molar-refractivity contribution in [3.8, 4) is 0 Å². The van der Waals surface area contributed by atoms with Crippen LogP contribution in [0.15, 0.2) is 115 Å². The summed E-state index contributed by atoms with van der Waals surface area (Å²) in [4.78, 5) is 0. The van der Waals surface area contributed by atoms with Crippen molar-refractivity contribution in [1.82, 2.24) is 0 Å². The van der Waals surface area contributed by atoms with Gasteiger partial charge in [-0.05, 0) is 0 Å². The van der Waals surface area contributed by atoms with Crippen LogP contribution in [0, 0.1) is 0 Å². The van der Waals surface area contributed by atoms with Gasteiger partial charge in [-0.2, -0.15) is 0 Å². The minimum absolute atomic E-state index is 0. The number of hydrogen-bond acceptors (Lipinski definition) is 1. The largest absolute Gasteiger partial charge is 0.147 e. The average Bonchev–Trinajstić information content (AvgIpc) is 3.27. The van der Waals surface area contributed by atoms with Crippen molar-refractivity contribution in [2.75, 3.05) is 0 Å². The first-order valence-corrected chi connectivity index (χ1v) is 11.2. The Bertz CT molecular complexity index is 1260. The third kappa shape index (κ3) is 4.49. The van der Waals surface area contributed by atoms with Crippen LogP contribution in [0.25, 0.3) is 16.3 Å². The van der Waals surface area contributed by atoms with Gasteiger partial charge in [0.25, 0.3) is 0 Å². The van der Waals surface area contributed by atoms with Crippen LogP contribution in [0.2, 0.25) is 0 Å². The summed E-state index contributed by atoms with van der Waals surface area (Å²) in [6.07, 6.45) is 5.55. The molecule has 33 heavy (non-hydrogen) atoms. The number of benzene rings is 4. The van der Waals surface area contributed by atoms with Gasteiger partial charge in [0.2, 0.25) is 0 Å². The van der Waals surface area contributed by atoms with Gasteiger partial charge in [-0.1, -0.05) is 0 Å². The fraction of sp³-hybridized carbons (Fsp3) is 0.103. The number of rotatable bonds is 5. The summed E-state index contributed by atoms with van der Waals surface area (Å²) in [5.74, 6) is 0. The maximum atomic E-state index is 6.59. The molecule has 0 saturated carbocycles. The van der Waals surface area contributed by atoms with E-state index in [2.05, 4.69) is 116 Å². The molecule has 0 saturated heterocycles. The SMILES string of the molecule is CC1=CCC(c2ccc3ccccc3c2C([O][Ti])(c2ccccc2)c2ccccc2)=C1.Cl.Cl. The van der Waals surface area contributed by atoms with Crippen LogP contribution in [0.3, 0.4) is 0 Å². The molecule has 0 bridgehead atoms. The molecule has 0 N–H and O–H groups in total.